The molecule has 1 aliphatic heterocycles. The zero-order valence-corrected chi connectivity index (χ0v) is 22.0. The van der Waals surface area contributed by atoms with Gasteiger partial charge in [-0.25, -0.2) is 4.39 Å². The Morgan fingerprint density at radius 1 is 0.857 bits per heavy atom. The van der Waals surface area contributed by atoms with E-state index in [1.807, 2.05) is 6.92 Å². The van der Waals surface area contributed by atoms with E-state index in [0.717, 1.165) is 68.8 Å². The number of allylic oxidation sites excluding steroid dienone is 2. The highest BCUT2D eigenvalue weighted by Crippen LogP contribution is 2.46. The molecule has 35 heavy (non-hydrogen) atoms. The molecule has 2 saturated carbocycles. The monoisotopic (exact) mass is 488 g/mol. The van der Waals surface area contributed by atoms with Crippen molar-refractivity contribution in [2.45, 2.75) is 109 Å². The average Bonchev–Trinajstić information content (AvgIpc) is 2.90. The van der Waals surface area contributed by atoms with Crippen molar-refractivity contribution >= 4 is 0 Å². The van der Waals surface area contributed by atoms with Crippen LogP contribution in [0, 0.1) is 35.3 Å². The molecule has 2 nitrogen and oxygen atoms in total. The third-order valence-electron chi connectivity index (χ3n) is 9.20. The lowest BCUT2D eigenvalue weighted by atomic mass is 9.66. The van der Waals surface area contributed by atoms with Crippen molar-refractivity contribution in [3.05, 3.63) is 41.5 Å². The molecule has 1 aromatic rings. The van der Waals surface area contributed by atoms with Crippen LogP contribution in [0.4, 0.5) is 8.78 Å². The van der Waals surface area contributed by atoms with E-state index in [1.165, 1.54) is 44.9 Å². The van der Waals surface area contributed by atoms with Crippen LogP contribution in [0.2, 0.25) is 0 Å². The second-order valence-electron chi connectivity index (χ2n) is 11.4. The number of halogens is 2. The summed E-state index contributed by atoms with van der Waals surface area (Å²) in [5.74, 6) is 1.84. The summed E-state index contributed by atoms with van der Waals surface area (Å²) in [6.07, 6.45) is 20.1. The Kier molecular flexibility index (Phi) is 10.1. The van der Waals surface area contributed by atoms with E-state index in [4.69, 9.17) is 9.47 Å². The molecule has 0 spiro atoms. The van der Waals surface area contributed by atoms with Gasteiger partial charge in [-0.1, -0.05) is 25.1 Å². The van der Waals surface area contributed by atoms with Crippen molar-refractivity contribution in [1.29, 1.82) is 0 Å². The first kappa shape index (κ1) is 26.6. The van der Waals surface area contributed by atoms with Crippen molar-refractivity contribution in [3.63, 3.8) is 0 Å². The molecule has 1 aromatic carbocycles. The number of ether oxygens (including phenoxy) is 2. The van der Waals surface area contributed by atoms with Gasteiger partial charge in [-0.05, 0) is 132 Å². The Morgan fingerprint density at radius 3 is 2.09 bits per heavy atom. The van der Waals surface area contributed by atoms with Gasteiger partial charge in [0.05, 0.1) is 19.3 Å². The number of rotatable bonds is 9. The van der Waals surface area contributed by atoms with Gasteiger partial charge < -0.3 is 9.47 Å². The van der Waals surface area contributed by atoms with Crippen LogP contribution in [0.15, 0.2) is 24.3 Å². The quantitative estimate of drug-likeness (QED) is 0.323. The number of hydrogen-bond acceptors (Lipinski definition) is 2. The molecule has 1 saturated heterocycles. The lowest BCUT2D eigenvalue weighted by molar-refractivity contribution is -0.0430. The molecule has 0 bridgehead atoms. The van der Waals surface area contributed by atoms with Gasteiger partial charge in [-0.3, -0.25) is 0 Å². The summed E-state index contributed by atoms with van der Waals surface area (Å²) in [5, 5.41) is 0. The van der Waals surface area contributed by atoms with E-state index < -0.39 is 11.6 Å². The van der Waals surface area contributed by atoms with Gasteiger partial charge in [-0.15, -0.1) is 0 Å². The molecule has 0 amide bonds. The molecule has 4 heteroatoms. The fourth-order valence-corrected chi connectivity index (χ4v) is 7.05. The van der Waals surface area contributed by atoms with Crippen molar-refractivity contribution < 1.29 is 18.3 Å². The molecule has 4 rings (SSSR count). The van der Waals surface area contributed by atoms with Gasteiger partial charge in [0.2, 0.25) is 5.82 Å². The van der Waals surface area contributed by atoms with E-state index >= 15 is 0 Å². The van der Waals surface area contributed by atoms with Gasteiger partial charge in [0.15, 0.2) is 11.6 Å². The topological polar surface area (TPSA) is 18.5 Å². The minimum absolute atomic E-state index is 0.0473. The number of benzene rings is 1. The Morgan fingerprint density at radius 2 is 1.49 bits per heavy atom. The maximum Gasteiger partial charge on any atom is 0.200 e. The maximum absolute atomic E-state index is 14.8. The molecule has 0 N–H and O–H groups in total. The van der Waals surface area contributed by atoms with Crippen LogP contribution >= 0.6 is 0 Å². The van der Waals surface area contributed by atoms with Gasteiger partial charge in [-0.2, -0.15) is 4.39 Å². The molecule has 3 fully saturated rings. The van der Waals surface area contributed by atoms with E-state index in [-0.39, 0.29) is 11.7 Å². The Bertz CT molecular complexity index is 798. The summed E-state index contributed by atoms with van der Waals surface area (Å²) >= 11 is 0. The summed E-state index contributed by atoms with van der Waals surface area (Å²) in [5.41, 5.74) is 0.551. The molecule has 2 atom stereocenters. The largest absolute Gasteiger partial charge is 0.490 e. The van der Waals surface area contributed by atoms with Crippen molar-refractivity contribution in [3.8, 4) is 5.75 Å². The first-order chi connectivity index (χ1) is 17.1. The molecule has 0 radical (unpaired) electrons. The van der Waals surface area contributed by atoms with Crippen LogP contribution in [-0.2, 0) is 4.74 Å². The summed E-state index contributed by atoms with van der Waals surface area (Å²) in [6.45, 7) is 5.42. The van der Waals surface area contributed by atoms with E-state index in [2.05, 4.69) is 19.1 Å². The standard InChI is InChI=1S/C31H46F2O2/c1-3-5-6-7-27-17-16-26(21-35-27)24-10-8-22(9-11-24)23-12-14-25(15-13-23)28-18-19-29(34-20-4-2)31(33)30(28)32/h3,5,18-19,22-27H,4,6-17,20-21H2,1-2H3/b5-3+. The van der Waals surface area contributed by atoms with E-state index in [0.29, 0.717) is 18.3 Å². The van der Waals surface area contributed by atoms with Crippen molar-refractivity contribution in [2.24, 2.45) is 23.7 Å². The third kappa shape index (κ3) is 6.87. The highest BCUT2D eigenvalue weighted by Gasteiger charge is 2.35. The van der Waals surface area contributed by atoms with Crippen LogP contribution in [0.1, 0.15) is 109 Å². The minimum Gasteiger partial charge on any atom is -0.490 e. The lowest BCUT2D eigenvalue weighted by Crippen LogP contribution is -2.33. The third-order valence-corrected chi connectivity index (χ3v) is 9.20. The van der Waals surface area contributed by atoms with Crippen LogP contribution in [0.25, 0.3) is 0 Å². The highest BCUT2D eigenvalue weighted by molar-refractivity contribution is 5.33. The van der Waals surface area contributed by atoms with Crippen molar-refractivity contribution in [1.82, 2.24) is 0 Å². The predicted octanol–water partition coefficient (Wildman–Crippen LogP) is 8.99. The molecule has 196 valence electrons. The second-order valence-corrected chi connectivity index (χ2v) is 11.4. The molecule has 0 aromatic heterocycles. The fourth-order valence-electron chi connectivity index (χ4n) is 7.05. The summed E-state index contributed by atoms with van der Waals surface area (Å²) in [6, 6.07) is 3.38. The summed E-state index contributed by atoms with van der Waals surface area (Å²) in [7, 11) is 0. The summed E-state index contributed by atoms with van der Waals surface area (Å²) in [4.78, 5) is 0. The SMILES string of the molecule is C/C=C/CCC1CCC(C2CCC(C3CCC(c4ccc(OCCC)c(F)c4F)CC3)CC2)CO1. The fraction of sp³-hybridized carbons (Fsp3) is 0.742. The zero-order chi connectivity index (χ0) is 24.6. The first-order valence-electron chi connectivity index (χ1n) is 14.4. The van der Waals surface area contributed by atoms with Gasteiger partial charge >= 0.3 is 0 Å². The van der Waals surface area contributed by atoms with Gasteiger partial charge in [0.25, 0.3) is 0 Å². The normalized spacial score (nSPS) is 32.1. The van der Waals surface area contributed by atoms with Gasteiger partial charge in [0, 0.05) is 0 Å². The smallest absolute Gasteiger partial charge is 0.200 e. The minimum atomic E-state index is -0.813. The zero-order valence-electron chi connectivity index (χ0n) is 22.0. The molecule has 2 aliphatic carbocycles. The Hall–Kier alpha value is -1.42. The van der Waals surface area contributed by atoms with Crippen LogP contribution < -0.4 is 4.74 Å². The molecular formula is C31H46F2O2. The molecule has 2 unspecified atom stereocenters. The predicted molar refractivity (Wildman–Crippen MR) is 139 cm³/mol. The molecular weight excluding hydrogens is 442 g/mol. The number of hydrogen-bond donors (Lipinski definition) is 0. The lowest BCUT2D eigenvalue weighted by Gasteiger charge is -2.41. The Balaban J connectivity index is 1.20. The van der Waals surface area contributed by atoms with Crippen LogP contribution in [0.3, 0.4) is 0 Å². The average molecular weight is 489 g/mol. The Labute approximate surface area is 211 Å². The molecule has 1 heterocycles. The van der Waals surface area contributed by atoms with Crippen LogP contribution in [-0.4, -0.2) is 19.3 Å². The maximum atomic E-state index is 14.8. The van der Waals surface area contributed by atoms with Crippen molar-refractivity contribution in [2.75, 3.05) is 13.2 Å². The summed E-state index contributed by atoms with van der Waals surface area (Å²) < 4.78 is 40.8. The van der Waals surface area contributed by atoms with Gasteiger partial charge in [0.1, 0.15) is 0 Å². The highest BCUT2D eigenvalue weighted by atomic mass is 19.2. The van der Waals surface area contributed by atoms with E-state index in [1.54, 1.807) is 12.1 Å². The second kappa shape index (κ2) is 13.2. The molecule has 3 aliphatic rings. The van der Waals surface area contributed by atoms with E-state index in [9.17, 15) is 8.78 Å². The first-order valence-corrected chi connectivity index (χ1v) is 14.4. The van der Waals surface area contributed by atoms with Crippen LogP contribution in [0.5, 0.6) is 5.75 Å².